The maximum atomic E-state index is 2.32. The number of rotatable bonds is 2. The van der Waals surface area contributed by atoms with E-state index in [1.165, 1.54) is 38.2 Å². The van der Waals surface area contributed by atoms with E-state index >= 15 is 0 Å². The molecule has 0 atom stereocenters. The molecule has 0 N–H and O–H groups in total. The first-order valence-corrected chi connectivity index (χ1v) is 9.02. The Morgan fingerprint density at radius 1 is 0.600 bits per heavy atom. The highest BCUT2D eigenvalue weighted by Crippen LogP contribution is 2.38. The van der Waals surface area contributed by atoms with Crippen LogP contribution in [0.15, 0.2) is 78.9 Å². The van der Waals surface area contributed by atoms with Crippen molar-refractivity contribution >= 4 is 21.5 Å². The van der Waals surface area contributed by atoms with E-state index in [0.29, 0.717) is 0 Å². The molecule has 0 heterocycles. The lowest BCUT2D eigenvalue weighted by molar-refractivity contribution is 0.412. The molecule has 0 aliphatic carbocycles. The van der Waals surface area contributed by atoms with Crippen LogP contribution in [0.25, 0.3) is 32.7 Å². The maximum absolute atomic E-state index is 2.32. The lowest BCUT2D eigenvalue weighted by Gasteiger charge is -2.22. The van der Waals surface area contributed by atoms with E-state index in [1.807, 2.05) is 0 Å². The van der Waals surface area contributed by atoms with Crippen molar-refractivity contribution < 1.29 is 0 Å². The first-order valence-electron chi connectivity index (χ1n) is 9.02. The molecule has 0 fully saturated rings. The Labute approximate surface area is 150 Å². The van der Waals surface area contributed by atoms with Crippen molar-refractivity contribution in [2.45, 2.75) is 27.2 Å². The zero-order chi connectivity index (χ0) is 17.4. The molecule has 4 aromatic rings. The second-order valence-electron chi connectivity index (χ2n) is 8.08. The van der Waals surface area contributed by atoms with Gasteiger partial charge in [0.15, 0.2) is 0 Å². The quantitative estimate of drug-likeness (QED) is 0.364. The van der Waals surface area contributed by atoms with Gasteiger partial charge in [0.1, 0.15) is 0 Å². The third kappa shape index (κ3) is 3.05. The molecule has 0 bridgehead atoms. The van der Waals surface area contributed by atoms with E-state index in [9.17, 15) is 0 Å². The summed E-state index contributed by atoms with van der Waals surface area (Å²) in [4.78, 5) is 0. The normalized spacial score (nSPS) is 12.0. The highest BCUT2D eigenvalue weighted by atomic mass is 14.2. The van der Waals surface area contributed by atoms with Crippen molar-refractivity contribution in [3.8, 4) is 11.1 Å². The van der Waals surface area contributed by atoms with Gasteiger partial charge >= 0.3 is 0 Å². The SMILES string of the molecule is CC(C)(C)Cc1ccc2ccccc2c1-c1cccc2ccccc12. The van der Waals surface area contributed by atoms with Gasteiger partial charge in [-0.1, -0.05) is 99.6 Å². The first kappa shape index (κ1) is 15.9. The lowest BCUT2D eigenvalue weighted by Crippen LogP contribution is -2.10. The van der Waals surface area contributed by atoms with Crippen molar-refractivity contribution in [2.75, 3.05) is 0 Å². The Morgan fingerprint density at radius 3 is 1.92 bits per heavy atom. The Bertz CT molecular complexity index is 1040. The summed E-state index contributed by atoms with van der Waals surface area (Å²) >= 11 is 0. The third-order valence-corrected chi connectivity index (χ3v) is 4.80. The van der Waals surface area contributed by atoms with Crippen LogP contribution in [0.1, 0.15) is 26.3 Å². The second-order valence-corrected chi connectivity index (χ2v) is 8.08. The summed E-state index contributed by atoms with van der Waals surface area (Å²) in [7, 11) is 0. The van der Waals surface area contributed by atoms with E-state index in [0.717, 1.165) is 6.42 Å². The fourth-order valence-electron chi connectivity index (χ4n) is 3.80. The number of benzene rings is 4. The summed E-state index contributed by atoms with van der Waals surface area (Å²) in [5.74, 6) is 0. The van der Waals surface area contributed by atoms with Crippen LogP contribution in [0.5, 0.6) is 0 Å². The van der Waals surface area contributed by atoms with Crippen LogP contribution >= 0.6 is 0 Å². The van der Waals surface area contributed by atoms with Crippen LogP contribution in [0.3, 0.4) is 0 Å². The van der Waals surface area contributed by atoms with Crippen LogP contribution in [0.4, 0.5) is 0 Å². The standard InChI is InChI=1S/C25H24/c1-25(2,3)17-20-16-15-19-10-5-7-13-22(19)24(20)23-14-8-11-18-9-4-6-12-21(18)23/h4-16H,17H2,1-3H3. The molecule has 0 saturated heterocycles. The molecule has 0 aliphatic heterocycles. The van der Waals surface area contributed by atoms with Gasteiger partial charge in [0.05, 0.1) is 0 Å². The highest BCUT2D eigenvalue weighted by molar-refractivity contribution is 6.06. The Balaban J connectivity index is 2.09. The van der Waals surface area contributed by atoms with Gasteiger partial charge in [0, 0.05) is 0 Å². The molecular formula is C25H24. The van der Waals surface area contributed by atoms with Crippen LogP contribution in [-0.2, 0) is 6.42 Å². The monoisotopic (exact) mass is 324 g/mol. The summed E-state index contributed by atoms with van der Waals surface area (Å²) in [5.41, 5.74) is 4.42. The van der Waals surface area contributed by atoms with Crippen molar-refractivity contribution in [3.05, 3.63) is 84.4 Å². The molecule has 0 spiro atoms. The van der Waals surface area contributed by atoms with Gasteiger partial charge in [-0.2, -0.15) is 0 Å². The Kier molecular flexibility index (Phi) is 3.84. The average molecular weight is 324 g/mol. The molecule has 0 radical (unpaired) electrons. The van der Waals surface area contributed by atoms with E-state index in [2.05, 4.69) is 99.6 Å². The predicted molar refractivity (Wildman–Crippen MR) is 110 cm³/mol. The maximum Gasteiger partial charge on any atom is -0.00669 e. The Hall–Kier alpha value is -2.60. The summed E-state index contributed by atoms with van der Waals surface area (Å²) in [6.45, 7) is 6.94. The second kappa shape index (κ2) is 6.04. The number of hydrogen-bond donors (Lipinski definition) is 0. The van der Waals surface area contributed by atoms with Crippen LogP contribution in [0.2, 0.25) is 0 Å². The van der Waals surface area contributed by atoms with Gasteiger partial charge in [0.2, 0.25) is 0 Å². The molecule has 0 aliphatic rings. The molecule has 0 aromatic heterocycles. The third-order valence-electron chi connectivity index (χ3n) is 4.80. The molecule has 25 heavy (non-hydrogen) atoms. The van der Waals surface area contributed by atoms with Crippen molar-refractivity contribution in [1.29, 1.82) is 0 Å². The predicted octanol–water partition coefficient (Wildman–Crippen LogP) is 7.25. The van der Waals surface area contributed by atoms with Gasteiger partial charge in [-0.15, -0.1) is 0 Å². The number of fused-ring (bicyclic) bond motifs is 2. The van der Waals surface area contributed by atoms with Gasteiger partial charge in [0.25, 0.3) is 0 Å². The zero-order valence-electron chi connectivity index (χ0n) is 15.2. The smallest absolute Gasteiger partial charge is 0.00669 e. The van der Waals surface area contributed by atoms with E-state index < -0.39 is 0 Å². The highest BCUT2D eigenvalue weighted by Gasteiger charge is 2.18. The largest absolute Gasteiger partial charge is 0.0616 e. The van der Waals surface area contributed by atoms with Gasteiger partial charge in [-0.3, -0.25) is 0 Å². The fourth-order valence-corrected chi connectivity index (χ4v) is 3.80. The van der Waals surface area contributed by atoms with Crippen LogP contribution < -0.4 is 0 Å². The minimum Gasteiger partial charge on any atom is -0.0616 e. The molecule has 0 unspecified atom stereocenters. The van der Waals surface area contributed by atoms with Gasteiger partial charge in [-0.05, 0) is 50.1 Å². The van der Waals surface area contributed by atoms with E-state index in [4.69, 9.17) is 0 Å². The topological polar surface area (TPSA) is 0 Å². The minimum atomic E-state index is 0.252. The molecule has 0 heteroatoms. The first-order chi connectivity index (χ1) is 12.0. The zero-order valence-corrected chi connectivity index (χ0v) is 15.2. The molecular weight excluding hydrogens is 300 g/mol. The summed E-state index contributed by atoms with van der Waals surface area (Å²) in [6, 6.07) is 28.7. The summed E-state index contributed by atoms with van der Waals surface area (Å²) in [6.07, 6.45) is 1.07. The van der Waals surface area contributed by atoms with E-state index in [-0.39, 0.29) is 5.41 Å². The number of hydrogen-bond acceptors (Lipinski definition) is 0. The van der Waals surface area contributed by atoms with Crippen LogP contribution in [0, 0.1) is 5.41 Å². The van der Waals surface area contributed by atoms with E-state index in [1.54, 1.807) is 0 Å². The van der Waals surface area contributed by atoms with Gasteiger partial charge in [-0.25, -0.2) is 0 Å². The molecule has 0 nitrogen and oxygen atoms in total. The molecule has 4 aromatic carbocycles. The average Bonchev–Trinajstić information content (AvgIpc) is 2.60. The molecule has 124 valence electrons. The van der Waals surface area contributed by atoms with Gasteiger partial charge < -0.3 is 0 Å². The van der Waals surface area contributed by atoms with Crippen LogP contribution in [-0.4, -0.2) is 0 Å². The van der Waals surface area contributed by atoms with Crippen molar-refractivity contribution in [1.82, 2.24) is 0 Å². The summed E-state index contributed by atoms with van der Waals surface area (Å²) < 4.78 is 0. The fraction of sp³-hybridized carbons (Fsp3) is 0.200. The van der Waals surface area contributed by atoms with Crippen molar-refractivity contribution in [3.63, 3.8) is 0 Å². The Morgan fingerprint density at radius 2 is 1.20 bits per heavy atom. The molecule has 4 rings (SSSR count). The summed E-state index contributed by atoms with van der Waals surface area (Å²) in [5, 5.41) is 5.29. The molecule has 0 amide bonds. The van der Waals surface area contributed by atoms with Crippen molar-refractivity contribution in [2.24, 2.45) is 5.41 Å². The minimum absolute atomic E-state index is 0.252. The molecule has 0 saturated carbocycles. The lowest BCUT2D eigenvalue weighted by atomic mass is 9.82.